The molecule has 4 rings (SSSR count). The maximum Gasteiger partial charge on any atom is 0.240 e. The molecule has 0 aliphatic carbocycles. The molecule has 0 bridgehead atoms. The third-order valence-corrected chi connectivity index (χ3v) is 6.11. The van der Waals surface area contributed by atoms with Gasteiger partial charge in [-0.3, -0.25) is 0 Å². The lowest BCUT2D eigenvalue weighted by molar-refractivity contribution is 0.581. The van der Waals surface area contributed by atoms with Gasteiger partial charge in [0.15, 0.2) is 0 Å². The summed E-state index contributed by atoms with van der Waals surface area (Å²) in [6.45, 7) is 0. The highest BCUT2D eigenvalue weighted by Crippen LogP contribution is 2.29. The summed E-state index contributed by atoms with van der Waals surface area (Å²) in [4.78, 5) is 7.73. The van der Waals surface area contributed by atoms with Crippen molar-refractivity contribution in [1.29, 1.82) is 0 Å². The number of sulfonamides is 1. The van der Waals surface area contributed by atoms with Gasteiger partial charge >= 0.3 is 0 Å². The third-order valence-electron chi connectivity index (χ3n) is 4.64. The van der Waals surface area contributed by atoms with Crippen LogP contribution in [-0.2, 0) is 10.0 Å². The van der Waals surface area contributed by atoms with Gasteiger partial charge in [0, 0.05) is 17.2 Å². The van der Waals surface area contributed by atoms with Crippen molar-refractivity contribution in [3.63, 3.8) is 0 Å². The summed E-state index contributed by atoms with van der Waals surface area (Å²) in [6.07, 6.45) is 3.09. The van der Waals surface area contributed by atoms with E-state index in [0.717, 1.165) is 6.07 Å². The second kappa shape index (κ2) is 7.81. The van der Waals surface area contributed by atoms with E-state index in [1.807, 2.05) is 6.07 Å². The van der Waals surface area contributed by atoms with Gasteiger partial charge in [-0.15, -0.1) is 0 Å². The fraction of sp³-hybridized carbons (Fsp3) is 0.0455. The van der Waals surface area contributed by atoms with E-state index in [2.05, 4.69) is 14.7 Å². The molecule has 0 unspecified atom stereocenters. The van der Waals surface area contributed by atoms with Crippen LogP contribution in [0.25, 0.3) is 34.3 Å². The van der Waals surface area contributed by atoms with Crippen LogP contribution in [0.4, 0.5) is 8.78 Å². The Morgan fingerprint density at radius 1 is 1.00 bits per heavy atom. The maximum absolute atomic E-state index is 13.8. The van der Waals surface area contributed by atoms with E-state index in [4.69, 9.17) is 0 Å². The van der Waals surface area contributed by atoms with E-state index < -0.39 is 21.7 Å². The number of rotatable bonds is 5. The Morgan fingerprint density at radius 2 is 1.80 bits per heavy atom. The molecule has 0 saturated heterocycles. The molecular formula is C22H17F2N3O2S. The van der Waals surface area contributed by atoms with Gasteiger partial charge in [-0.1, -0.05) is 24.3 Å². The summed E-state index contributed by atoms with van der Waals surface area (Å²) < 4.78 is 53.8. The Kier molecular flexibility index (Phi) is 5.19. The Balaban J connectivity index is 1.71. The molecule has 30 heavy (non-hydrogen) atoms. The van der Waals surface area contributed by atoms with Crippen LogP contribution in [-0.4, -0.2) is 25.4 Å². The predicted octanol–water partition coefficient (Wildman–Crippen LogP) is 4.59. The Hall–Kier alpha value is -3.36. The van der Waals surface area contributed by atoms with Gasteiger partial charge < -0.3 is 4.98 Å². The van der Waals surface area contributed by atoms with Crippen molar-refractivity contribution in [3.8, 4) is 11.1 Å². The molecule has 0 saturated carbocycles. The first kappa shape index (κ1) is 19.9. The lowest BCUT2D eigenvalue weighted by atomic mass is 10.1. The molecule has 1 aromatic heterocycles. The lowest BCUT2D eigenvalue weighted by Gasteiger charge is -2.09. The molecule has 0 fully saturated rings. The molecule has 0 amide bonds. The minimum absolute atomic E-state index is 0.179. The summed E-state index contributed by atoms with van der Waals surface area (Å²) in [5, 5.41) is 0. The normalized spacial score (nSPS) is 12.1. The predicted molar refractivity (Wildman–Crippen MR) is 113 cm³/mol. The number of benzene rings is 3. The maximum atomic E-state index is 13.8. The van der Waals surface area contributed by atoms with E-state index in [1.54, 1.807) is 42.5 Å². The zero-order chi connectivity index (χ0) is 21.3. The van der Waals surface area contributed by atoms with Crippen LogP contribution in [0.15, 0.2) is 65.6 Å². The van der Waals surface area contributed by atoms with E-state index >= 15 is 0 Å². The standard InChI is InChI=1S/C22H17F2N3O2S/c1-25-30(28,29)21-5-3-2-4-17(21)15-7-10-19-20(12-15)27-22(26-19)11-8-14-6-9-16(23)13-18(14)24/h2-13,25H,1H3,(H,26,27)/b11-8+. The van der Waals surface area contributed by atoms with Crippen LogP contribution < -0.4 is 4.72 Å². The zero-order valence-corrected chi connectivity index (χ0v) is 16.7. The van der Waals surface area contributed by atoms with E-state index in [1.165, 1.54) is 25.3 Å². The van der Waals surface area contributed by atoms with Crippen molar-refractivity contribution in [2.45, 2.75) is 4.90 Å². The van der Waals surface area contributed by atoms with Crippen LogP contribution in [0.2, 0.25) is 0 Å². The molecule has 5 nitrogen and oxygen atoms in total. The van der Waals surface area contributed by atoms with Crippen LogP contribution in [0.1, 0.15) is 11.4 Å². The number of hydrogen-bond acceptors (Lipinski definition) is 3. The Labute approximate surface area is 172 Å². The van der Waals surface area contributed by atoms with Gasteiger partial charge in [0.25, 0.3) is 0 Å². The number of aromatic nitrogens is 2. The molecule has 2 N–H and O–H groups in total. The first-order chi connectivity index (χ1) is 14.4. The fourth-order valence-electron chi connectivity index (χ4n) is 3.13. The van der Waals surface area contributed by atoms with Crippen LogP contribution in [0.3, 0.4) is 0 Å². The second-order valence-electron chi connectivity index (χ2n) is 6.56. The van der Waals surface area contributed by atoms with Gasteiger partial charge in [0.05, 0.1) is 15.9 Å². The molecule has 8 heteroatoms. The highest BCUT2D eigenvalue weighted by molar-refractivity contribution is 7.89. The number of nitrogens with one attached hydrogen (secondary N) is 2. The second-order valence-corrected chi connectivity index (χ2v) is 8.41. The molecule has 3 aromatic carbocycles. The van der Waals surface area contributed by atoms with Gasteiger partial charge in [-0.05, 0) is 55.1 Å². The summed E-state index contributed by atoms with van der Waals surface area (Å²) in [5.74, 6) is -0.810. The lowest BCUT2D eigenvalue weighted by Crippen LogP contribution is -2.19. The summed E-state index contributed by atoms with van der Waals surface area (Å²) in [5.41, 5.74) is 2.88. The van der Waals surface area contributed by atoms with Crippen LogP contribution >= 0.6 is 0 Å². The molecule has 0 aliphatic rings. The smallest absolute Gasteiger partial charge is 0.240 e. The third kappa shape index (κ3) is 3.87. The molecule has 0 aliphatic heterocycles. The van der Waals surface area contributed by atoms with Gasteiger partial charge in [-0.25, -0.2) is 26.9 Å². The Morgan fingerprint density at radius 3 is 2.57 bits per heavy atom. The highest BCUT2D eigenvalue weighted by atomic mass is 32.2. The van der Waals surface area contributed by atoms with Crippen molar-refractivity contribution >= 4 is 33.2 Å². The molecule has 1 heterocycles. The number of halogens is 2. The van der Waals surface area contributed by atoms with Crippen LogP contribution in [0.5, 0.6) is 0 Å². The summed E-state index contributed by atoms with van der Waals surface area (Å²) in [6, 6.07) is 15.4. The molecule has 0 spiro atoms. The van der Waals surface area contributed by atoms with Crippen molar-refractivity contribution in [2.75, 3.05) is 7.05 Å². The number of imidazole rings is 1. The van der Waals surface area contributed by atoms with Gasteiger partial charge in [-0.2, -0.15) is 0 Å². The van der Waals surface area contributed by atoms with Crippen LogP contribution in [0, 0.1) is 11.6 Å². The molecule has 0 atom stereocenters. The number of hydrogen-bond donors (Lipinski definition) is 2. The fourth-order valence-corrected chi connectivity index (χ4v) is 4.08. The quantitative estimate of drug-likeness (QED) is 0.491. The van der Waals surface area contributed by atoms with Crippen molar-refractivity contribution < 1.29 is 17.2 Å². The average Bonchev–Trinajstić information content (AvgIpc) is 3.15. The largest absolute Gasteiger partial charge is 0.338 e. The zero-order valence-electron chi connectivity index (χ0n) is 15.9. The van der Waals surface area contributed by atoms with Gasteiger partial charge in [0.1, 0.15) is 17.5 Å². The molecule has 152 valence electrons. The molecular weight excluding hydrogens is 408 g/mol. The summed E-state index contributed by atoms with van der Waals surface area (Å²) >= 11 is 0. The molecule has 4 aromatic rings. The molecule has 0 radical (unpaired) electrons. The van der Waals surface area contributed by atoms with E-state index in [9.17, 15) is 17.2 Å². The van der Waals surface area contributed by atoms with E-state index in [0.29, 0.717) is 28.0 Å². The highest BCUT2D eigenvalue weighted by Gasteiger charge is 2.17. The first-order valence-electron chi connectivity index (χ1n) is 9.03. The number of aromatic amines is 1. The Bertz CT molecular complexity index is 1380. The summed E-state index contributed by atoms with van der Waals surface area (Å²) in [7, 11) is -2.25. The monoisotopic (exact) mass is 425 g/mol. The van der Waals surface area contributed by atoms with Crippen molar-refractivity contribution in [3.05, 3.63) is 83.7 Å². The number of fused-ring (bicyclic) bond motifs is 1. The van der Waals surface area contributed by atoms with E-state index in [-0.39, 0.29) is 10.5 Å². The van der Waals surface area contributed by atoms with Crippen molar-refractivity contribution in [1.82, 2.24) is 14.7 Å². The van der Waals surface area contributed by atoms with Gasteiger partial charge in [0.2, 0.25) is 10.0 Å². The first-order valence-corrected chi connectivity index (χ1v) is 10.5. The topological polar surface area (TPSA) is 74.8 Å². The number of H-pyrrole nitrogens is 1. The number of nitrogens with zero attached hydrogens (tertiary/aromatic N) is 1. The minimum atomic E-state index is -3.62. The minimum Gasteiger partial charge on any atom is -0.338 e. The average molecular weight is 425 g/mol. The van der Waals surface area contributed by atoms with Crippen molar-refractivity contribution in [2.24, 2.45) is 0 Å². The SMILES string of the molecule is CNS(=O)(=O)c1ccccc1-c1ccc2nc(/C=C/c3ccc(F)cc3F)[nH]c2c1.